The predicted molar refractivity (Wildman–Crippen MR) is 85.7 cm³/mol. The van der Waals surface area contributed by atoms with E-state index >= 15 is 0 Å². The van der Waals surface area contributed by atoms with Gasteiger partial charge in [0.2, 0.25) is 0 Å². The van der Waals surface area contributed by atoms with Crippen LogP contribution in [-0.2, 0) is 0 Å². The van der Waals surface area contributed by atoms with Gasteiger partial charge in [0, 0.05) is 19.3 Å². The molecule has 5 heteroatoms. The highest BCUT2D eigenvalue weighted by Gasteiger charge is 2.26. The van der Waals surface area contributed by atoms with E-state index in [1.165, 1.54) is 25.7 Å². The second-order valence-corrected chi connectivity index (χ2v) is 6.39. The highest BCUT2D eigenvalue weighted by molar-refractivity contribution is 5.94. The van der Waals surface area contributed by atoms with Gasteiger partial charge in [-0.05, 0) is 43.7 Å². The van der Waals surface area contributed by atoms with Crippen molar-refractivity contribution in [3.05, 3.63) is 30.2 Å². The van der Waals surface area contributed by atoms with Crippen molar-refractivity contribution in [3.8, 4) is 0 Å². The first-order chi connectivity index (χ1) is 10.7. The smallest absolute Gasteiger partial charge is 0.255 e. The Bertz CT molecular complexity index is 643. The van der Waals surface area contributed by atoms with Crippen molar-refractivity contribution in [1.29, 1.82) is 0 Å². The number of aromatic nitrogens is 3. The highest BCUT2D eigenvalue weighted by atomic mass is 16.2. The molecule has 0 spiro atoms. The minimum Gasteiger partial charge on any atom is -0.339 e. The van der Waals surface area contributed by atoms with Crippen molar-refractivity contribution in [2.24, 2.45) is 5.92 Å². The lowest BCUT2D eigenvalue weighted by molar-refractivity contribution is 0.0672. The van der Waals surface area contributed by atoms with Crippen molar-refractivity contribution < 1.29 is 4.79 Å². The van der Waals surface area contributed by atoms with E-state index in [1.54, 1.807) is 10.7 Å². The maximum atomic E-state index is 12.7. The lowest BCUT2D eigenvalue weighted by Crippen LogP contribution is -2.39. The molecule has 22 heavy (non-hydrogen) atoms. The maximum absolute atomic E-state index is 12.7. The van der Waals surface area contributed by atoms with Crippen LogP contribution in [0.25, 0.3) is 5.65 Å². The normalized spacial score (nSPS) is 21.9. The number of hydrogen-bond acceptors (Lipinski definition) is 3. The molecule has 118 valence electrons. The van der Waals surface area contributed by atoms with Crippen molar-refractivity contribution in [2.75, 3.05) is 7.05 Å². The molecule has 1 aliphatic carbocycles. The van der Waals surface area contributed by atoms with Gasteiger partial charge in [-0.15, -0.1) is 10.2 Å². The molecule has 2 aromatic rings. The molecule has 0 radical (unpaired) electrons. The number of hydrogen-bond donors (Lipinski definition) is 0. The van der Waals surface area contributed by atoms with Crippen LogP contribution < -0.4 is 0 Å². The topological polar surface area (TPSA) is 50.5 Å². The fourth-order valence-corrected chi connectivity index (χ4v) is 3.55. The Morgan fingerprint density at radius 3 is 2.82 bits per heavy atom. The molecule has 0 saturated heterocycles. The van der Waals surface area contributed by atoms with Gasteiger partial charge in [0.25, 0.3) is 5.91 Å². The average Bonchev–Trinajstić information content (AvgIpc) is 3.02. The van der Waals surface area contributed by atoms with E-state index in [0.717, 1.165) is 24.4 Å². The van der Waals surface area contributed by atoms with Crippen molar-refractivity contribution in [2.45, 2.75) is 51.5 Å². The summed E-state index contributed by atoms with van der Waals surface area (Å²) in [5.41, 5.74) is 1.46. The maximum Gasteiger partial charge on any atom is 0.255 e. The molecule has 0 atom stereocenters. The van der Waals surface area contributed by atoms with E-state index in [2.05, 4.69) is 17.1 Å². The van der Waals surface area contributed by atoms with Gasteiger partial charge in [-0.1, -0.05) is 19.8 Å². The van der Waals surface area contributed by atoms with Crippen LogP contribution in [0.3, 0.4) is 0 Å². The molecule has 1 aliphatic rings. The van der Waals surface area contributed by atoms with E-state index in [0.29, 0.717) is 11.6 Å². The third-order valence-corrected chi connectivity index (χ3v) is 4.92. The lowest BCUT2D eigenvalue weighted by Gasteiger charge is -2.34. The minimum absolute atomic E-state index is 0.0922. The molecule has 1 fully saturated rings. The molecule has 2 aromatic heterocycles. The fraction of sp³-hybridized carbons (Fsp3) is 0.588. The molecule has 1 amide bonds. The molecular formula is C17H24N4O. The quantitative estimate of drug-likeness (QED) is 0.871. The number of fused-ring (bicyclic) bond motifs is 1. The van der Waals surface area contributed by atoms with E-state index < -0.39 is 0 Å². The summed E-state index contributed by atoms with van der Waals surface area (Å²) in [4.78, 5) is 14.6. The standard InChI is InChI=1S/C17H24N4O/c1-3-4-13-5-8-15(9-6-13)20(2)17(22)14-7-10-16-19-18-12-21(16)11-14/h7,10-13,15H,3-6,8-9H2,1-2H3. The Kier molecular flexibility index (Phi) is 4.41. The molecular weight excluding hydrogens is 276 g/mol. The molecule has 3 rings (SSSR count). The highest BCUT2D eigenvalue weighted by Crippen LogP contribution is 2.30. The van der Waals surface area contributed by atoms with Crippen LogP contribution in [0.4, 0.5) is 0 Å². The van der Waals surface area contributed by atoms with Gasteiger partial charge in [-0.2, -0.15) is 0 Å². The summed E-state index contributed by atoms with van der Waals surface area (Å²) in [6.07, 6.45) is 10.8. The fourth-order valence-electron chi connectivity index (χ4n) is 3.55. The van der Waals surface area contributed by atoms with Gasteiger partial charge < -0.3 is 4.90 Å². The molecule has 5 nitrogen and oxygen atoms in total. The van der Waals surface area contributed by atoms with E-state index in [9.17, 15) is 4.79 Å². The van der Waals surface area contributed by atoms with E-state index in [-0.39, 0.29) is 5.91 Å². The molecule has 0 aliphatic heterocycles. The number of carbonyl (C=O) groups is 1. The van der Waals surface area contributed by atoms with Crippen molar-refractivity contribution in [1.82, 2.24) is 19.5 Å². The van der Waals surface area contributed by atoms with E-state index in [4.69, 9.17) is 0 Å². The summed E-state index contributed by atoms with van der Waals surface area (Å²) < 4.78 is 1.79. The summed E-state index contributed by atoms with van der Waals surface area (Å²) in [5.74, 6) is 0.952. The van der Waals surface area contributed by atoms with Crippen LogP contribution in [0.2, 0.25) is 0 Å². The number of nitrogens with zero attached hydrogens (tertiary/aromatic N) is 4. The minimum atomic E-state index is 0.0922. The third kappa shape index (κ3) is 2.98. The van der Waals surface area contributed by atoms with E-state index in [1.807, 2.05) is 30.3 Å². The number of amides is 1. The Labute approximate surface area is 131 Å². The van der Waals surface area contributed by atoms with Crippen molar-refractivity contribution in [3.63, 3.8) is 0 Å². The van der Waals surface area contributed by atoms with Gasteiger partial charge in [-0.3, -0.25) is 9.20 Å². The van der Waals surface area contributed by atoms with Crippen LogP contribution in [-0.4, -0.2) is 38.5 Å². The second kappa shape index (κ2) is 6.46. The Morgan fingerprint density at radius 1 is 1.32 bits per heavy atom. The average molecular weight is 300 g/mol. The summed E-state index contributed by atoms with van der Waals surface area (Å²) in [6.45, 7) is 2.25. The summed E-state index contributed by atoms with van der Waals surface area (Å²) in [6, 6.07) is 4.05. The van der Waals surface area contributed by atoms with Gasteiger partial charge in [-0.25, -0.2) is 0 Å². The van der Waals surface area contributed by atoms with Crippen LogP contribution in [0.15, 0.2) is 24.7 Å². The lowest BCUT2D eigenvalue weighted by atomic mass is 9.83. The SMILES string of the molecule is CCCC1CCC(N(C)C(=O)c2ccc3nncn3c2)CC1. The zero-order valence-electron chi connectivity index (χ0n) is 13.4. The van der Waals surface area contributed by atoms with Gasteiger partial charge in [0.05, 0.1) is 5.56 Å². The second-order valence-electron chi connectivity index (χ2n) is 6.39. The number of pyridine rings is 1. The summed E-state index contributed by atoms with van der Waals surface area (Å²) >= 11 is 0. The zero-order valence-corrected chi connectivity index (χ0v) is 13.4. The van der Waals surface area contributed by atoms with Crippen LogP contribution in [0.1, 0.15) is 55.8 Å². The van der Waals surface area contributed by atoms with Crippen LogP contribution >= 0.6 is 0 Å². The third-order valence-electron chi connectivity index (χ3n) is 4.92. The molecule has 0 unspecified atom stereocenters. The first-order valence-electron chi connectivity index (χ1n) is 8.25. The number of rotatable bonds is 4. The van der Waals surface area contributed by atoms with Gasteiger partial charge in [0.1, 0.15) is 6.33 Å². The van der Waals surface area contributed by atoms with Gasteiger partial charge in [0.15, 0.2) is 5.65 Å². The van der Waals surface area contributed by atoms with Crippen LogP contribution in [0.5, 0.6) is 0 Å². The summed E-state index contributed by atoms with van der Waals surface area (Å²) in [5, 5.41) is 7.82. The largest absolute Gasteiger partial charge is 0.339 e. The Morgan fingerprint density at radius 2 is 2.09 bits per heavy atom. The molecule has 0 aromatic carbocycles. The zero-order chi connectivity index (χ0) is 15.5. The molecule has 0 N–H and O–H groups in total. The summed E-state index contributed by atoms with van der Waals surface area (Å²) in [7, 11) is 1.93. The monoisotopic (exact) mass is 300 g/mol. The molecule has 2 heterocycles. The first-order valence-corrected chi connectivity index (χ1v) is 8.25. The molecule has 1 saturated carbocycles. The van der Waals surface area contributed by atoms with Crippen molar-refractivity contribution >= 4 is 11.6 Å². The van der Waals surface area contributed by atoms with Crippen LogP contribution in [0, 0.1) is 5.92 Å². The van der Waals surface area contributed by atoms with Gasteiger partial charge >= 0.3 is 0 Å². The Hall–Kier alpha value is -1.91. The Balaban J connectivity index is 1.66. The predicted octanol–water partition coefficient (Wildman–Crippen LogP) is 3.16. The molecule has 0 bridgehead atoms. The number of carbonyl (C=O) groups excluding carboxylic acids is 1. The first kappa shape index (κ1) is 15.0.